The zero-order valence-electron chi connectivity index (χ0n) is 17.2. The standard InChI is InChI=1S/C22H26N4O2S2/c1-2-3-4-6-14-26-21(28)17(30-22(26)29)15-16-19(24-11-8-9-12-24)23-18-10-5-7-13-25(18)20(16)27/h5,7,10,13,15H,2-4,6,8-9,11-12,14H2,1H3/b17-15+. The molecule has 0 radical (unpaired) electrons. The maximum atomic E-state index is 13.3. The molecule has 0 bridgehead atoms. The summed E-state index contributed by atoms with van der Waals surface area (Å²) in [7, 11) is 0. The monoisotopic (exact) mass is 442 g/mol. The first-order valence-electron chi connectivity index (χ1n) is 10.6. The van der Waals surface area contributed by atoms with Gasteiger partial charge in [0.1, 0.15) is 15.8 Å². The van der Waals surface area contributed by atoms with E-state index in [0.717, 1.165) is 51.6 Å². The van der Waals surface area contributed by atoms with E-state index in [0.29, 0.717) is 32.8 Å². The van der Waals surface area contributed by atoms with Crippen LogP contribution in [0.1, 0.15) is 51.0 Å². The van der Waals surface area contributed by atoms with Gasteiger partial charge in [-0.2, -0.15) is 0 Å². The number of thiocarbonyl (C=S) groups is 1. The third-order valence-electron chi connectivity index (χ3n) is 5.54. The van der Waals surface area contributed by atoms with Gasteiger partial charge in [0, 0.05) is 25.8 Å². The summed E-state index contributed by atoms with van der Waals surface area (Å²) in [6, 6.07) is 5.52. The second-order valence-corrected chi connectivity index (χ2v) is 9.35. The molecule has 0 aromatic carbocycles. The fourth-order valence-electron chi connectivity index (χ4n) is 3.91. The van der Waals surface area contributed by atoms with Crippen molar-refractivity contribution in [1.29, 1.82) is 0 Å². The fourth-order valence-corrected chi connectivity index (χ4v) is 5.20. The summed E-state index contributed by atoms with van der Waals surface area (Å²) in [5.41, 5.74) is 0.924. The molecule has 2 fully saturated rings. The molecule has 4 rings (SSSR count). The van der Waals surface area contributed by atoms with Crippen molar-refractivity contribution in [1.82, 2.24) is 14.3 Å². The summed E-state index contributed by atoms with van der Waals surface area (Å²) >= 11 is 6.74. The maximum absolute atomic E-state index is 13.3. The molecule has 1 amide bonds. The Morgan fingerprint density at radius 1 is 1.17 bits per heavy atom. The first-order valence-corrected chi connectivity index (χ1v) is 11.8. The van der Waals surface area contributed by atoms with Crippen molar-refractivity contribution >= 4 is 51.7 Å². The van der Waals surface area contributed by atoms with Crippen LogP contribution in [0.2, 0.25) is 0 Å². The van der Waals surface area contributed by atoms with Gasteiger partial charge in [-0.25, -0.2) is 4.98 Å². The number of nitrogens with zero attached hydrogens (tertiary/aromatic N) is 4. The van der Waals surface area contributed by atoms with Gasteiger partial charge in [0.25, 0.3) is 11.5 Å². The Bertz CT molecular complexity index is 1060. The Balaban J connectivity index is 1.70. The molecule has 6 nitrogen and oxygen atoms in total. The van der Waals surface area contributed by atoms with E-state index in [1.165, 1.54) is 16.2 Å². The fraction of sp³-hybridized carbons (Fsp3) is 0.455. The minimum Gasteiger partial charge on any atom is -0.356 e. The predicted molar refractivity (Wildman–Crippen MR) is 127 cm³/mol. The lowest BCUT2D eigenvalue weighted by molar-refractivity contribution is -0.122. The Labute approximate surface area is 186 Å². The van der Waals surface area contributed by atoms with Crippen LogP contribution in [0.4, 0.5) is 5.82 Å². The molecule has 158 valence electrons. The number of anilines is 1. The lowest BCUT2D eigenvalue weighted by Crippen LogP contribution is -2.29. The smallest absolute Gasteiger partial charge is 0.267 e. The summed E-state index contributed by atoms with van der Waals surface area (Å²) in [4.78, 5) is 35.4. The van der Waals surface area contributed by atoms with Crippen LogP contribution in [0.15, 0.2) is 34.1 Å². The summed E-state index contributed by atoms with van der Waals surface area (Å²) in [5, 5.41) is 0. The van der Waals surface area contributed by atoms with Gasteiger partial charge in [0.15, 0.2) is 0 Å². The highest BCUT2D eigenvalue weighted by atomic mass is 32.2. The van der Waals surface area contributed by atoms with Gasteiger partial charge in [-0.15, -0.1) is 0 Å². The van der Waals surface area contributed by atoms with E-state index in [-0.39, 0.29) is 11.5 Å². The summed E-state index contributed by atoms with van der Waals surface area (Å²) in [6.07, 6.45) is 9.90. The second kappa shape index (κ2) is 9.31. The van der Waals surface area contributed by atoms with Gasteiger partial charge in [-0.1, -0.05) is 56.2 Å². The van der Waals surface area contributed by atoms with E-state index in [2.05, 4.69) is 11.8 Å². The molecule has 2 aromatic rings. The molecule has 2 aliphatic rings. The van der Waals surface area contributed by atoms with Crippen LogP contribution in [0.25, 0.3) is 11.7 Å². The first kappa shape index (κ1) is 21.1. The van der Waals surface area contributed by atoms with Crippen molar-refractivity contribution in [3.8, 4) is 0 Å². The number of thioether (sulfide) groups is 1. The normalized spacial score (nSPS) is 18.4. The molecule has 2 aromatic heterocycles. The van der Waals surface area contributed by atoms with E-state index in [9.17, 15) is 9.59 Å². The second-order valence-electron chi connectivity index (χ2n) is 7.67. The number of pyridine rings is 1. The highest BCUT2D eigenvalue weighted by Gasteiger charge is 2.32. The minimum absolute atomic E-state index is 0.105. The summed E-state index contributed by atoms with van der Waals surface area (Å²) < 4.78 is 2.11. The van der Waals surface area contributed by atoms with Crippen LogP contribution in [-0.2, 0) is 4.79 Å². The average Bonchev–Trinajstić information content (AvgIpc) is 3.37. The molecule has 30 heavy (non-hydrogen) atoms. The molecule has 0 aliphatic carbocycles. The van der Waals surface area contributed by atoms with Crippen molar-refractivity contribution in [2.75, 3.05) is 24.5 Å². The zero-order valence-corrected chi connectivity index (χ0v) is 18.8. The lowest BCUT2D eigenvalue weighted by atomic mass is 10.2. The van der Waals surface area contributed by atoms with Crippen molar-refractivity contribution < 1.29 is 4.79 Å². The number of carbonyl (C=O) groups is 1. The molecule has 0 atom stereocenters. The highest BCUT2D eigenvalue weighted by molar-refractivity contribution is 8.26. The Morgan fingerprint density at radius 2 is 1.97 bits per heavy atom. The Morgan fingerprint density at radius 3 is 2.73 bits per heavy atom. The summed E-state index contributed by atoms with van der Waals surface area (Å²) in [6.45, 7) is 4.54. The number of fused-ring (bicyclic) bond motifs is 1. The molecular formula is C22H26N4O2S2. The number of hydrogen-bond acceptors (Lipinski definition) is 6. The van der Waals surface area contributed by atoms with Crippen LogP contribution in [0, 0.1) is 0 Å². The zero-order chi connectivity index (χ0) is 21.1. The predicted octanol–water partition coefficient (Wildman–Crippen LogP) is 4.08. The van der Waals surface area contributed by atoms with Crippen molar-refractivity contribution in [2.45, 2.75) is 45.4 Å². The Hall–Kier alpha value is -2.19. The van der Waals surface area contributed by atoms with Crippen LogP contribution < -0.4 is 10.5 Å². The van der Waals surface area contributed by atoms with Gasteiger partial charge in [0.05, 0.1) is 10.5 Å². The number of aromatic nitrogens is 2. The lowest BCUT2D eigenvalue weighted by Gasteiger charge is -2.19. The van der Waals surface area contributed by atoms with Gasteiger partial charge in [-0.3, -0.25) is 18.9 Å². The van der Waals surface area contributed by atoms with E-state index in [1.807, 2.05) is 18.2 Å². The molecule has 8 heteroatoms. The van der Waals surface area contributed by atoms with Crippen molar-refractivity contribution in [3.63, 3.8) is 0 Å². The maximum Gasteiger partial charge on any atom is 0.267 e. The Kier molecular flexibility index (Phi) is 6.53. The van der Waals surface area contributed by atoms with Crippen LogP contribution in [0.5, 0.6) is 0 Å². The van der Waals surface area contributed by atoms with Gasteiger partial charge in [-0.05, 0) is 37.5 Å². The SMILES string of the molecule is CCCCCCN1C(=O)/C(=C\c2c(N3CCCC3)nc3ccccn3c2=O)SC1=S. The van der Waals surface area contributed by atoms with Gasteiger partial charge < -0.3 is 4.90 Å². The van der Waals surface area contributed by atoms with Crippen molar-refractivity contribution in [2.24, 2.45) is 0 Å². The molecule has 0 N–H and O–H groups in total. The topological polar surface area (TPSA) is 57.9 Å². The first-order chi connectivity index (χ1) is 14.6. The number of hydrogen-bond donors (Lipinski definition) is 0. The molecular weight excluding hydrogens is 416 g/mol. The third kappa shape index (κ3) is 4.16. The van der Waals surface area contributed by atoms with Crippen molar-refractivity contribution in [3.05, 3.63) is 45.2 Å². The quantitative estimate of drug-likeness (QED) is 0.366. The molecule has 0 spiro atoms. The molecule has 0 saturated carbocycles. The van der Waals surface area contributed by atoms with E-state index < -0.39 is 0 Å². The third-order valence-corrected chi connectivity index (χ3v) is 6.92. The number of amides is 1. The highest BCUT2D eigenvalue weighted by Crippen LogP contribution is 2.34. The van der Waals surface area contributed by atoms with E-state index >= 15 is 0 Å². The van der Waals surface area contributed by atoms with E-state index in [4.69, 9.17) is 17.2 Å². The summed E-state index contributed by atoms with van der Waals surface area (Å²) in [5.74, 6) is 0.559. The average molecular weight is 443 g/mol. The number of unbranched alkanes of at least 4 members (excludes halogenated alkanes) is 3. The van der Waals surface area contributed by atoms with Gasteiger partial charge >= 0.3 is 0 Å². The number of carbonyl (C=O) groups excluding carboxylic acids is 1. The molecule has 2 aliphatic heterocycles. The van der Waals surface area contributed by atoms with Crippen LogP contribution in [-0.4, -0.2) is 44.1 Å². The van der Waals surface area contributed by atoms with E-state index in [1.54, 1.807) is 17.2 Å². The number of rotatable bonds is 7. The van der Waals surface area contributed by atoms with Gasteiger partial charge in [0.2, 0.25) is 0 Å². The van der Waals surface area contributed by atoms with Crippen LogP contribution >= 0.6 is 24.0 Å². The van der Waals surface area contributed by atoms with Crippen LogP contribution in [0.3, 0.4) is 0 Å². The largest absolute Gasteiger partial charge is 0.356 e. The minimum atomic E-state index is -0.157. The molecule has 4 heterocycles. The molecule has 2 saturated heterocycles. The molecule has 0 unspecified atom stereocenters.